The molecule has 0 aliphatic carbocycles. The van der Waals surface area contributed by atoms with Gasteiger partial charge in [0.05, 0.1) is 17.9 Å². The van der Waals surface area contributed by atoms with Crippen molar-refractivity contribution in [3.05, 3.63) is 24.3 Å². The maximum atomic E-state index is 12.5. The van der Waals surface area contributed by atoms with Crippen LogP contribution in [0, 0.1) is 0 Å². The van der Waals surface area contributed by atoms with Crippen molar-refractivity contribution in [1.82, 2.24) is 5.32 Å². The standard InChI is InChI=1S/C36H69NO6S/c1-3-5-7-9-11-13-15-16-17-18-19-21-23-25-27-29-31-35(39)36(40)37-33(32-44(41,42)43)34(38)30-28-26-24-22-20-14-12-10-8-6-4-2/h20,22,28,30,33-35,38-39H,3-19,21,23-27,29,31-32H2,1-2H3,(H,37,40)(H,41,42,43)/b22-20+,30-28+. The number of hydrogen-bond acceptors (Lipinski definition) is 5. The van der Waals surface area contributed by atoms with Crippen LogP contribution in [0.25, 0.3) is 0 Å². The highest BCUT2D eigenvalue weighted by Gasteiger charge is 2.27. The van der Waals surface area contributed by atoms with Gasteiger partial charge in [0.25, 0.3) is 10.1 Å². The lowest BCUT2D eigenvalue weighted by Crippen LogP contribution is -2.50. The maximum absolute atomic E-state index is 12.5. The second-order valence-corrected chi connectivity index (χ2v) is 14.1. The Balaban J connectivity index is 4.11. The first-order valence-electron chi connectivity index (χ1n) is 18.1. The number of amides is 1. The minimum atomic E-state index is -4.44. The van der Waals surface area contributed by atoms with E-state index in [2.05, 4.69) is 31.3 Å². The Hall–Kier alpha value is -1.22. The average Bonchev–Trinajstić information content (AvgIpc) is 2.98. The van der Waals surface area contributed by atoms with Gasteiger partial charge in [-0.2, -0.15) is 8.42 Å². The number of unbranched alkanes of at least 4 members (excludes halogenated alkanes) is 21. The maximum Gasteiger partial charge on any atom is 0.267 e. The summed E-state index contributed by atoms with van der Waals surface area (Å²) in [7, 11) is -4.44. The summed E-state index contributed by atoms with van der Waals surface area (Å²) in [5, 5.41) is 23.2. The van der Waals surface area contributed by atoms with Gasteiger partial charge in [0.15, 0.2) is 0 Å². The van der Waals surface area contributed by atoms with E-state index in [1.807, 2.05) is 0 Å². The van der Waals surface area contributed by atoms with Gasteiger partial charge in [0.2, 0.25) is 5.91 Å². The van der Waals surface area contributed by atoms with Gasteiger partial charge in [-0.3, -0.25) is 9.35 Å². The topological polar surface area (TPSA) is 124 Å². The molecule has 44 heavy (non-hydrogen) atoms. The summed E-state index contributed by atoms with van der Waals surface area (Å²) in [6.45, 7) is 4.46. The normalized spacial score (nSPS) is 14.4. The van der Waals surface area contributed by atoms with E-state index in [9.17, 15) is 28.0 Å². The number of rotatable bonds is 32. The van der Waals surface area contributed by atoms with Gasteiger partial charge in [-0.05, 0) is 32.1 Å². The van der Waals surface area contributed by atoms with Crippen LogP contribution in [-0.2, 0) is 14.9 Å². The molecule has 0 fully saturated rings. The Labute approximate surface area is 271 Å². The number of hydrogen-bond donors (Lipinski definition) is 4. The number of aliphatic hydroxyl groups is 2. The number of aliphatic hydroxyl groups excluding tert-OH is 2. The summed E-state index contributed by atoms with van der Waals surface area (Å²) in [5.74, 6) is -1.55. The van der Waals surface area contributed by atoms with E-state index in [1.165, 1.54) is 115 Å². The summed E-state index contributed by atoms with van der Waals surface area (Å²) < 4.78 is 32.3. The molecule has 0 aromatic carbocycles. The van der Waals surface area contributed by atoms with Gasteiger partial charge >= 0.3 is 0 Å². The molecule has 0 radical (unpaired) electrons. The molecule has 1 amide bonds. The molecule has 0 spiro atoms. The van der Waals surface area contributed by atoms with Crippen molar-refractivity contribution in [2.24, 2.45) is 0 Å². The second-order valence-electron chi connectivity index (χ2n) is 12.6. The van der Waals surface area contributed by atoms with Crippen molar-refractivity contribution in [2.45, 2.75) is 193 Å². The van der Waals surface area contributed by atoms with Gasteiger partial charge in [0, 0.05) is 0 Å². The zero-order valence-corrected chi connectivity index (χ0v) is 29.2. The quantitative estimate of drug-likeness (QED) is 0.0329. The molecule has 0 aromatic rings. The summed E-state index contributed by atoms with van der Waals surface area (Å²) in [6.07, 6.45) is 33.8. The van der Waals surface area contributed by atoms with Crippen molar-refractivity contribution >= 4 is 16.0 Å². The summed E-state index contributed by atoms with van der Waals surface area (Å²) in [4.78, 5) is 12.5. The van der Waals surface area contributed by atoms with Crippen LogP contribution >= 0.6 is 0 Å². The molecular weight excluding hydrogens is 574 g/mol. The molecule has 7 nitrogen and oxygen atoms in total. The van der Waals surface area contributed by atoms with E-state index in [0.29, 0.717) is 12.8 Å². The molecule has 0 bridgehead atoms. The fourth-order valence-electron chi connectivity index (χ4n) is 5.41. The second kappa shape index (κ2) is 30.4. The molecule has 3 atom stereocenters. The predicted octanol–water partition coefficient (Wildman–Crippen LogP) is 8.99. The van der Waals surface area contributed by atoms with E-state index >= 15 is 0 Å². The molecule has 3 unspecified atom stereocenters. The first-order chi connectivity index (χ1) is 21.2. The Morgan fingerprint density at radius 2 is 1.02 bits per heavy atom. The Morgan fingerprint density at radius 3 is 1.50 bits per heavy atom. The van der Waals surface area contributed by atoms with Crippen LogP contribution in [0.4, 0.5) is 0 Å². The SMILES string of the molecule is CCCCCCC/C=C/CC/C=C/C(O)C(CS(=O)(=O)O)NC(=O)C(O)CCCCCCCCCCCCCCCCCC. The van der Waals surface area contributed by atoms with Crippen molar-refractivity contribution in [3.63, 3.8) is 0 Å². The first-order valence-corrected chi connectivity index (χ1v) is 19.8. The van der Waals surface area contributed by atoms with Gasteiger partial charge < -0.3 is 15.5 Å². The first kappa shape index (κ1) is 42.8. The molecule has 4 N–H and O–H groups in total. The van der Waals surface area contributed by atoms with Crippen LogP contribution in [0.15, 0.2) is 24.3 Å². The molecule has 0 rings (SSSR count). The minimum absolute atomic E-state index is 0.278. The fraction of sp³-hybridized carbons (Fsp3) is 0.861. The largest absolute Gasteiger partial charge is 0.387 e. The molecule has 0 aliphatic heterocycles. The highest BCUT2D eigenvalue weighted by atomic mass is 32.2. The fourth-order valence-corrected chi connectivity index (χ4v) is 6.15. The Bertz CT molecular complexity index is 813. The minimum Gasteiger partial charge on any atom is -0.387 e. The highest BCUT2D eigenvalue weighted by Crippen LogP contribution is 2.15. The summed E-state index contributed by atoms with van der Waals surface area (Å²) in [6, 6.07) is -1.24. The van der Waals surface area contributed by atoms with Crippen molar-refractivity contribution in [2.75, 3.05) is 5.75 Å². The van der Waals surface area contributed by atoms with Crippen LogP contribution in [0.3, 0.4) is 0 Å². The Morgan fingerprint density at radius 1 is 0.614 bits per heavy atom. The lowest BCUT2D eigenvalue weighted by molar-refractivity contribution is -0.130. The van der Waals surface area contributed by atoms with Crippen molar-refractivity contribution in [3.8, 4) is 0 Å². The smallest absolute Gasteiger partial charge is 0.267 e. The summed E-state index contributed by atoms with van der Waals surface area (Å²) in [5.41, 5.74) is 0. The molecule has 260 valence electrons. The molecular formula is C36H69NO6S. The van der Waals surface area contributed by atoms with Crippen LogP contribution in [0.2, 0.25) is 0 Å². The van der Waals surface area contributed by atoms with Crippen molar-refractivity contribution in [1.29, 1.82) is 0 Å². The molecule has 8 heteroatoms. The van der Waals surface area contributed by atoms with Crippen LogP contribution < -0.4 is 5.32 Å². The number of carbonyl (C=O) groups is 1. The molecule has 0 saturated carbocycles. The molecule has 0 saturated heterocycles. The van der Waals surface area contributed by atoms with Crippen molar-refractivity contribution < 1.29 is 28.0 Å². The average molecular weight is 644 g/mol. The van der Waals surface area contributed by atoms with Crippen LogP contribution in [0.5, 0.6) is 0 Å². The van der Waals surface area contributed by atoms with E-state index in [0.717, 1.165) is 32.1 Å². The highest BCUT2D eigenvalue weighted by molar-refractivity contribution is 7.85. The third-order valence-corrected chi connectivity index (χ3v) is 9.02. The van der Waals surface area contributed by atoms with Gasteiger partial charge in [-0.15, -0.1) is 0 Å². The van der Waals surface area contributed by atoms with Gasteiger partial charge in [0.1, 0.15) is 6.10 Å². The molecule has 0 aliphatic rings. The molecule has 0 heterocycles. The van der Waals surface area contributed by atoms with Gasteiger partial charge in [-0.25, -0.2) is 0 Å². The van der Waals surface area contributed by atoms with E-state index in [-0.39, 0.29) is 6.42 Å². The zero-order valence-electron chi connectivity index (χ0n) is 28.4. The van der Waals surface area contributed by atoms with Crippen LogP contribution in [0.1, 0.15) is 174 Å². The van der Waals surface area contributed by atoms with E-state index in [1.54, 1.807) is 6.08 Å². The zero-order chi connectivity index (χ0) is 32.7. The lowest BCUT2D eigenvalue weighted by Gasteiger charge is -2.22. The lowest BCUT2D eigenvalue weighted by atomic mass is 10.0. The monoisotopic (exact) mass is 643 g/mol. The van der Waals surface area contributed by atoms with Crippen LogP contribution in [-0.4, -0.2) is 53.1 Å². The Kier molecular flexibility index (Phi) is 29.6. The predicted molar refractivity (Wildman–Crippen MR) is 185 cm³/mol. The van der Waals surface area contributed by atoms with E-state index in [4.69, 9.17) is 0 Å². The number of carbonyl (C=O) groups excluding carboxylic acids is 1. The number of nitrogens with one attached hydrogen (secondary N) is 1. The van der Waals surface area contributed by atoms with E-state index < -0.39 is 40.0 Å². The number of allylic oxidation sites excluding steroid dienone is 3. The summed E-state index contributed by atoms with van der Waals surface area (Å²) >= 11 is 0. The van der Waals surface area contributed by atoms with Gasteiger partial charge in [-0.1, -0.05) is 167 Å². The third-order valence-electron chi connectivity index (χ3n) is 8.24. The third kappa shape index (κ3) is 29.5. The molecule has 0 aromatic heterocycles.